The van der Waals surface area contributed by atoms with Crippen LogP contribution in [0, 0.1) is 11.8 Å². The standard InChI is InChI=1S/C27H32N2O5/c1-29(14-6-11-25(30)31)26(32)19(15-18-12-13-18)16-28-27(33)34-17-24-22-9-4-2-7-20(22)21-8-3-5-10-23(21)24/h2-5,7-10,18-19,24H,6,11-17H2,1H3,(H,28,33)(H,30,31). The van der Waals surface area contributed by atoms with E-state index in [-0.39, 0.29) is 37.3 Å². The van der Waals surface area contributed by atoms with Crippen LogP contribution in [-0.4, -0.2) is 54.7 Å². The van der Waals surface area contributed by atoms with Crippen LogP contribution < -0.4 is 5.32 Å². The summed E-state index contributed by atoms with van der Waals surface area (Å²) in [5, 5.41) is 11.6. The summed E-state index contributed by atoms with van der Waals surface area (Å²) in [5.41, 5.74) is 4.66. The highest BCUT2D eigenvalue weighted by Gasteiger charge is 2.32. The zero-order chi connectivity index (χ0) is 24.1. The molecule has 0 aromatic heterocycles. The van der Waals surface area contributed by atoms with Crippen LogP contribution in [0.2, 0.25) is 0 Å². The first-order chi connectivity index (χ1) is 16.4. The normalized spacial score (nSPS) is 15.2. The summed E-state index contributed by atoms with van der Waals surface area (Å²) in [6.45, 7) is 0.836. The van der Waals surface area contributed by atoms with E-state index in [1.165, 1.54) is 11.1 Å². The first kappa shape index (κ1) is 23.8. The molecule has 1 unspecified atom stereocenters. The molecular weight excluding hydrogens is 432 g/mol. The summed E-state index contributed by atoms with van der Waals surface area (Å²) in [5.74, 6) is -0.751. The van der Waals surface area contributed by atoms with Crippen LogP contribution >= 0.6 is 0 Å². The molecule has 2 aromatic carbocycles. The topological polar surface area (TPSA) is 95.9 Å². The summed E-state index contributed by atoms with van der Waals surface area (Å²) >= 11 is 0. The number of hydrogen-bond acceptors (Lipinski definition) is 4. The van der Waals surface area contributed by atoms with E-state index in [9.17, 15) is 14.4 Å². The molecule has 1 fully saturated rings. The van der Waals surface area contributed by atoms with Crippen molar-refractivity contribution in [2.24, 2.45) is 11.8 Å². The van der Waals surface area contributed by atoms with E-state index >= 15 is 0 Å². The summed E-state index contributed by atoms with van der Waals surface area (Å²) in [4.78, 5) is 37.8. The number of carboxylic acids is 1. The number of rotatable bonds is 11. The molecule has 2 aliphatic carbocycles. The molecule has 7 nitrogen and oxygen atoms in total. The molecule has 2 aromatic rings. The molecule has 0 radical (unpaired) electrons. The number of alkyl carbamates (subject to hydrolysis) is 1. The fraction of sp³-hybridized carbons (Fsp3) is 0.444. The summed E-state index contributed by atoms with van der Waals surface area (Å²) < 4.78 is 5.60. The van der Waals surface area contributed by atoms with Crippen LogP contribution in [0.1, 0.15) is 49.1 Å². The van der Waals surface area contributed by atoms with Crippen molar-refractivity contribution in [2.75, 3.05) is 26.7 Å². The lowest BCUT2D eigenvalue weighted by molar-refractivity contribution is -0.138. The first-order valence-electron chi connectivity index (χ1n) is 12.0. The predicted octanol–water partition coefficient (Wildman–Crippen LogP) is 4.26. The van der Waals surface area contributed by atoms with Gasteiger partial charge in [-0.25, -0.2) is 4.79 Å². The van der Waals surface area contributed by atoms with Crippen LogP contribution in [0.3, 0.4) is 0 Å². The van der Waals surface area contributed by atoms with Gasteiger partial charge in [0.15, 0.2) is 0 Å². The van der Waals surface area contributed by atoms with Gasteiger partial charge >= 0.3 is 12.1 Å². The fourth-order valence-corrected chi connectivity index (χ4v) is 4.77. The molecule has 1 atom stereocenters. The van der Waals surface area contributed by atoms with Crippen molar-refractivity contribution in [1.82, 2.24) is 10.2 Å². The lowest BCUT2D eigenvalue weighted by Crippen LogP contribution is -2.41. The summed E-state index contributed by atoms with van der Waals surface area (Å²) in [6, 6.07) is 16.4. The average Bonchev–Trinajstić information content (AvgIpc) is 3.60. The Labute approximate surface area is 200 Å². The second-order valence-corrected chi connectivity index (χ2v) is 9.34. The second kappa shape index (κ2) is 10.7. The molecule has 0 heterocycles. The summed E-state index contributed by atoms with van der Waals surface area (Å²) in [7, 11) is 1.69. The highest BCUT2D eigenvalue weighted by atomic mass is 16.5. The Hall–Kier alpha value is -3.35. The van der Waals surface area contributed by atoms with Gasteiger partial charge in [0.1, 0.15) is 6.61 Å². The average molecular weight is 465 g/mol. The van der Waals surface area contributed by atoms with Crippen LogP contribution in [0.15, 0.2) is 48.5 Å². The van der Waals surface area contributed by atoms with E-state index in [1.807, 2.05) is 24.3 Å². The number of ether oxygens (including phenoxy) is 1. The lowest BCUT2D eigenvalue weighted by Gasteiger charge is -2.24. The smallest absolute Gasteiger partial charge is 0.407 e. The molecule has 2 N–H and O–H groups in total. The lowest BCUT2D eigenvalue weighted by atomic mass is 9.98. The van der Waals surface area contributed by atoms with Gasteiger partial charge in [-0.2, -0.15) is 0 Å². The Morgan fingerprint density at radius 3 is 2.26 bits per heavy atom. The van der Waals surface area contributed by atoms with E-state index in [0.29, 0.717) is 18.9 Å². The van der Waals surface area contributed by atoms with Crippen LogP contribution in [-0.2, 0) is 14.3 Å². The van der Waals surface area contributed by atoms with Crippen molar-refractivity contribution in [2.45, 2.75) is 38.0 Å². The molecule has 0 aliphatic heterocycles. The van der Waals surface area contributed by atoms with Gasteiger partial charge in [-0.15, -0.1) is 0 Å². The van der Waals surface area contributed by atoms with E-state index in [2.05, 4.69) is 29.6 Å². The van der Waals surface area contributed by atoms with E-state index < -0.39 is 12.1 Å². The van der Waals surface area contributed by atoms with Crippen molar-refractivity contribution in [3.05, 3.63) is 59.7 Å². The van der Waals surface area contributed by atoms with Crippen LogP contribution in [0.5, 0.6) is 0 Å². The van der Waals surface area contributed by atoms with E-state index in [4.69, 9.17) is 9.84 Å². The monoisotopic (exact) mass is 464 g/mol. The van der Waals surface area contributed by atoms with Gasteiger partial charge in [-0.05, 0) is 41.0 Å². The molecule has 0 saturated heterocycles. The van der Waals surface area contributed by atoms with Crippen LogP contribution in [0.4, 0.5) is 4.79 Å². The zero-order valence-corrected chi connectivity index (χ0v) is 19.5. The SMILES string of the molecule is CN(CCCC(=O)O)C(=O)C(CNC(=O)OCC1c2ccccc2-c2ccccc21)CC1CC1. The fourth-order valence-electron chi connectivity index (χ4n) is 4.77. The van der Waals surface area contributed by atoms with E-state index in [1.54, 1.807) is 11.9 Å². The number of nitrogens with zero attached hydrogens (tertiary/aromatic N) is 1. The minimum Gasteiger partial charge on any atom is -0.481 e. The van der Waals surface area contributed by atoms with Gasteiger partial charge in [0.2, 0.25) is 5.91 Å². The quantitative estimate of drug-likeness (QED) is 0.518. The molecule has 7 heteroatoms. The zero-order valence-electron chi connectivity index (χ0n) is 19.5. The van der Waals surface area contributed by atoms with Crippen molar-refractivity contribution in [1.29, 1.82) is 0 Å². The maximum Gasteiger partial charge on any atom is 0.407 e. The number of aliphatic carboxylic acids is 1. The molecule has 0 bridgehead atoms. The molecule has 34 heavy (non-hydrogen) atoms. The number of carbonyl (C=O) groups excluding carboxylic acids is 2. The molecular formula is C27H32N2O5. The third-order valence-electron chi connectivity index (χ3n) is 6.76. The molecule has 4 rings (SSSR count). The number of benzene rings is 2. The van der Waals surface area contributed by atoms with Crippen molar-refractivity contribution < 1.29 is 24.2 Å². The van der Waals surface area contributed by atoms with Gasteiger partial charge in [-0.1, -0.05) is 61.4 Å². The number of carboxylic acid groups (broad SMARTS) is 1. The van der Waals surface area contributed by atoms with Crippen LogP contribution in [0.25, 0.3) is 11.1 Å². The van der Waals surface area contributed by atoms with Crippen molar-refractivity contribution in [3.8, 4) is 11.1 Å². The third kappa shape index (κ3) is 5.76. The Kier molecular flexibility index (Phi) is 7.50. The van der Waals surface area contributed by atoms with Crippen molar-refractivity contribution >= 4 is 18.0 Å². The largest absolute Gasteiger partial charge is 0.481 e. The second-order valence-electron chi connectivity index (χ2n) is 9.34. The maximum atomic E-state index is 12.9. The predicted molar refractivity (Wildman–Crippen MR) is 128 cm³/mol. The minimum absolute atomic E-state index is 0.0117. The van der Waals surface area contributed by atoms with Gasteiger partial charge in [0.25, 0.3) is 0 Å². The molecule has 180 valence electrons. The molecule has 2 amide bonds. The van der Waals surface area contributed by atoms with Gasteiger partial charge in [0.05, 0.1) is 5.92 Å². The summed E-state index contributed by atoms with van der Waals surface area (Å²) in [6.07, 6.45) is 2.86. The Balaban J connectivity index is 1.31. The number of nitrogens with one attached hydrogen (secondary N) is 1. The van der Waals surface area contributed by atoms with E-state index in [0.717, 1.165) is 30.4 Å². The Bertz CT molecular complexity index is 1000. The highest BCUT2D eigenvalue weighted by Crippen LogP contribution is 2.44. The minimum atomic E-state index is -0.868. The molecule has 0 spiro atoms. The Morgan fingerprint density at radius 2 is 1.68 bits per heavy atom. The van der Waals surface area contributed by atoms with Gasteiger partial charge in [0, 0.05) is 32.5 Å². The molecule has 1 saturated carbocycles. The number of fused-ring (bicyclic) bond motifs is 3. The van der Waals surface area contributed by atoms with Crippen molar-refractivity contribution in [3.63, 3.8) is 0 Å². The number of carbonyl (C=O) groups is 3. The highest BCUT2D eigenvalue weighted by molar-refractivity contribution is 5.80. The van der Waals surface area contributed by atoms with Gasteiger partial charge in [-0.3, -0.25) is 9.59 Å². The number of hydrogen-bond donors (Lipinski definition) is 2. The molecule has 2 aliphatic rings. The first-order valence-corrected chi connectivity index (χ1v) is 12.0. The third-order valence-corrected chi connectivity index (χ3v) is 6.76. The maximum absolute atomic E-state index is 12.9. The van der Waals surface area contributed by atoms with Gasteiger partial charge < -0.3 is 20.1 Å². The Morgan fingerprint density at radius 1 is 1.06 bits per heavy atom. The number of amides is 2.